The Morgan fingerprint density at radius 2 is 1.81 bits per heavy atom. The zero-order valence-corrected chi connectivity index (χ0v) is 15.0. The van der Waals surface area contributed by atoms with Gasteiger partial charge < -0.3 is 24.1 Å². The summed E-state index contributed by atoms with van der Waals surface area (Å²) in [6.45, 7) is 3.98. The Kier molecular flexibility index (Phi) is 5.60. The molecule has 0 radical (unpaired) electrons. The van der Waals surface area contributed by atoms with Crippen LogP contribution in [0.1, 0.15) is 18.9 Å². The fourth-order valence-corrected chi connectivity index (χ4v) is 2.99. The van der Waals surface area contributed by atoms with Crippen molar-refractivity contribution in [3.8, 4) is 5.75 Å². The predicted octanol–water partition coefficient (Wildman–Crippen LogP) is 1.49. The van der Waals surface area contributed by atoms with Crippen molar-refractivity contribution in [2.24, 2.45) is 5.16 Å². The minimum atomic E-state index is -0.610. The Balaban J connectivity index is 1.52. The van der Waals surface area contributed by atoms with Gasteiger partial charge in [0.1, 0.15) is 5.75 Å². The molecule has 26 heavy (non-hydrogen) atoms. The average Bonchev–Trinajstić information content (AvgIpc) is 3.18. The first-order valence-corrected chi connectivity index (χ1v) is 8.70. The first-order chi connectivity index (χ1) is 12.6. The number of carbonyl (C=O) groups excluding carboxylic acids is 2. The second-order valence-corrected chi connectivity index (χ2v) is 6.08. The monoisotopic (exact) mass is 361 g/mol. The van der Waals surface area contributed by atoms with Crippen LogP contribution in [0.5, 0.6) is 5.75 Å². The Bertz CT molecular complexity index is 681. The molecule has 2 aliphatic rings. The lowest BCUT2D eigenvalue weighted by atomic mass is 10.0. The van der Waals surface area contributed by atoms with Crippen LogP contribution >= 0.6 is 0 Å². The van der Waals surface area contributed by atoms with Gasteiger partial charge in [-0.2, -0.15) is 0 Å². The number of benzene rings is 1. The molecule has 1 aromatic rings. The summed E-state index contributed by atoms with van der Waals surface area (Å²) >= 11 is 0. The minimum Gasteiger partial charge on any atom is -0.497 e. The van der Waals surface area contributed by atoms with E-state index in [-0.39, 0.29) is 12.0 Å². The van der Waals surface area contributed by atoms with Gasteiger partial charge in [-0.05, 0) is 36.8 Å². The number of piperazine rings is 1. The van der Waals surface area contributed by atoms with Gasteiger partial charge in [-0.1, -0.05) is 5.16 Å². The van der Waals surface area contributed by atoms with Crippen molar-refractivity contribution in [3.63, 3.8) is 0 Å². The number of ether oxygens (including phenoxy) is 2. The molecule has 1 aromatic carbocycles. The van der Waals surface area contributed by atoms with E-state index in [0.29, 0.717) is 39.2 Å². The quantitative estimate of drug-likeness (QED) is 0.812. The molecule has 0 N–H and O–H groups in total. The lowest BCUT2D eigenvalue weighted by Gasteiger charge is -2.34. The molecule has 2 heterocycles. The van der Waals surface area contributed by atoms with E-state index in [9.17, 15) is 9.59 Å². The summed E-state index contributed by atoms with van der Waals surface area (Å²) < 4.78 is 10.1. The smallest absolute Gasteiger partial charge is 0.409 e. The molecule has 8 heteroatoms. The summed E-state index contributed by atoms with van der Waals surface area (Å²) in [5, 5.41) is 4.07. The minimum absolute atomic E-state index is 0.0965. The first kappa shape index (κ1) is 18.0. The number of hydrogen-bond donors (Lipinski definition) is 0. The van der Waals surface area contributed by atoms with E-state index in [1.165, 1.54) is 0 Å². The van der Waals surface area contributed by atoms with Gasteiger partial charge in [0.2, 0.25) is 6.10 Å². The maximum absolute atomic E-state index is 12.7. The van der Waals surface area contributed by atoms with Crippen LogP contribution in [0.4, 0.5) is 4.79 Å². The largest absolute Gasteiger partial charge is 0.497 e. The molecule has 0 saturated carbocycles. The van der Waals surface area contributed by atoms with Crippen LogP contribution in [0.3, 0.4) is 0 Å². The molecular weight excluding hydrogens is 338 g/mol. The highest BCUT2D eigenvalue weighted by Crippen LogP contribution is 2.21. The summed E-state index contributed by atoms with van der Waals surface area (Å²) in [4.78, 5) is 33.1. The SMILES string of the molecule is CCOC(=O)N1CCN(C(=O)[C@H]2CC(c3ccc(OC)cc3)=NO2)CC1. The van der Waals surface area contributed by atoms with Gasteiger partial charge >= 0.3 is 6.09 Å². The van der Waals surface area contributed by atoms with Crippen LogP contribution in [0.15, 0.2) is 29.4 Å². The molecule has 2 amide bonds. The highest BCUT2D eigenvalue weighted by atomic mass is 16.6. The molecule has 1 fully saturated rings. The Morgan fingerprint density at radius 3 is 2.42 bits per heavy atom. The van der Waals surface area contributed by atoms with E-state index in [1.54, 1.807) is 23.8 Å². The second-order valence-electron chi connectivity index (χ2n) is 6.08. The van der Waals surface area contributed by atoms with Crippen molar-refractivity contribution >= 4 is 17.7 Å². The van der Waals surface area contributed by atoms with Crippen LogP contribution in [0.25, 0.3) is 0 Å². The molecule has 0 aliphatic carbocycles. The van der Waals surface area contributed by atoms with E-state index >= 15 is 0 Å². The number of amides is 2. The highest BCUT2D eigenvalue weighted by Gasteiger charge is 2.34. The molecule has 0 bridgehead atoms. The molecule has 3 rings (SSSR count). The molecule has 0 unspecified atom stereocenters. The van der Waals surface area contributed by atoms with Crippen molar-refractivity contribution < 1.29 is 23.9 Å². The van der Waals surface area contributed by atoms with Crippen LogP contribution < -0.4 is 4.74 Å². The summed E-state index contributed by atoms with van der Waals surface area (Å²) in [5.74, 6) is 0.668. The van der Waals surface area contributed by atoms with Crippen LogP contribution in [0.2, 0.25) is 0 Å². The summed E-state index contributed by atoms with van der Waals surface area (Å²) in [7, 11) is 1.61. The lowest BCUT2D eigenvalue weighted by Crippen LogP contribution is -2.53. The summed E-state index contributed by atoms with van der Waals surface area (Å²) in [6.07, 6.45) is -0.508. The van der Waals surface area contributed by atoms with Gasteiger partial charge in [0.15, 0.2) is 0 Å². The van der Waals surface area contributed by atoms with Gasteiger partial charge in [0.05, 0.1) is 19.4 Å². The van der Waals surface area contributed by atoms with Crippen LogP contribution in [-0.2, 0) is 14.4 Å². The van der Waals surface area contributed by atoms with E-state index in [1.807, 2.05) is 24.3 Å². The Hall–Kier alpha value is -2.77. The van der Waals surface area contributed by atoms with Crippen molar-refractivity contribution in [3.05, 3.63) is 29.8 Å². The van der Waals surface area contributed by atoms with Gasteiger partial charge in [0.25, 0.3) is 5.91 Å². The molecule has 2 aliphatic heterocycles. The molecule has 0 aromatic heterocycles. The van der Waals surface area contributed by atoms with Crippen LogP contribution in [0, 0.1) is 0 Å². The van der Waals surface area contributed by atoms with Gasteiger partial charge in [-0.25, -0.2) is 4.79 Å². The normalized spacial score (nSPS) is 19.6. The molecule has 0 spiro atoms. The maximum atomic E-state index is 12.7. The topological polar surface area (TPSA) is 80.7 Å². The number of nitrogens with zero attached hydrogens (tertiary/aromatic N) is 3. The third-order valence-corrected chi connectivity index (χ3v) is 4.48. The zero-order valence-electron chi connectivity index (χ0n) is 15.0. The number of oxime groups is 1. The van der Waals surface area contributed by atoms with E-state index < -0.39 is 6.10 Å². The Morgan fingerprint density at radius 1 is 1.15 bits per heavy atom. The van der Waals surface area contributed by atoms with Crippen molar-refractivity contribution in [2.45, 2.75) is 19.4 Å². The van der Waals surface area contributed by atoms with Gasteiger partial charge in [0, 0.05) is 32.6 Å². The third kappa shape index (κ3) is 3.89. The zero-order chi connectivity index (χ0) is 18.5. The van der Waals surface area contributed by atoms with E-state index in [2.05, 4.69) is 5.16 Å². The summed E-state index contributed by atoms with van der Waals surface area (Å²) in [6, 6.07) is 7.49. The summed E-state index contributed by atoms with van der Waals surface area (Å²) in [5.41, 5.74) is 1.66. The number of carbonyl (C=O) groups is 2. The fraction of sp³-hybridized carbons (Fsp3) is 0.500. The van der Waals surface area contributed by atoms with Gasteiger partial charge in [-0.15, -0.1) is 0 Å². The number of hydrogen-bond acceptors (Lipinski definition) is 6. The lowest BCUT2D eigenvalue weighted by molar-refractivity contribution is -0.143. The van der Waals surface area contributed by atoms with Crippen LogP contribution in [-0.4, -0.2) is 73.5 Å². The molecule has 1 atom stereocenters. The molecule has 8 nitrogen and oxygen atoms in total. The number of methoxy groups -OCH3 is 1. The fourth-order valence-electron chi connectivity index (χ4n) is 2.99. The molecule has 1 saturated heterocycles. The van der Waals surface area contributed by atoms with E-state index in [0.717, 1.165) is 17.0 Å². The van der Waals surface area contributed by atoms with Crippen molar-refractivity contribution in [1.82, 2.24) is 9.80 Å². The number of rotatable bonds is 4. The van der Waals surface area contributed by atoms with Crippen molar-refractivity contribution in [2.75, 3.05) is 39.9 Å². The Labute approximate surface area is 152 Å². The molecule has 140 valence electrons. The van der Waals surface area contributed by atoms with E-state index in [4.69, 9.17) is 14.3 Å². The average molecular weight is 361 g/mol. The molecular formula is C18H23N3O5. The second kappa shape index (κ2) is 8.07. The van der Waals surface area contributed by atoms with Gasteiger partial charge in [-0.3, -0.25) is 4.79 Å². The standard InChI is InChI=1S/C18H23N3O5/c1-3-25-18(23)21-10-8-20(9-11-21)17(22)16-12-15(19-26-16)13-4-6-14(24-2)7-5-13/h4-7,16H,3,8-12H2,1-2H3/t16-/m1/s1. The van der Waals surface area contributed by atoms with Crippen molar-refractivity contribution in [1.29, 1.82) is 0 Å². The highest BCUT2D eigenvalue weighted by molar-refractivity contribution is 6.04. The predicted molar refractivity (Wildman–Crippen MR) is 94.2 cm³/mol. The first-order valence-electron chi connectivity index (χ1n) is 8.70. The maximum Gasteiger partial charge on any atom is 0.409 e. The third-order valence-electron chi connectivity index (χ3n) is 4.48.